The Labute approximate surface area is 183 Å². The molecule has 2 saturated carbocycles. The average molecular weight is 419 g/mol. The fourth-order valence-electron chi connectivity index (χ4n) is 6.93. The van der Waals surface area contributed by atoms with Crippen LogP contribution in [0.15, 0.2) is 30.3 Å². The lowest BCUT2D eigenvalue weighted by Gasteiger charge is -2.50. The highest BCUT2D eigenvalue weighted by molar-refractivity contribution is 5.74. The molecule has 4 nitrogen and oxygen atoms in total. The van der Waals surface area contributed by atoms with Gasteiger partial charge in [0, 0.05) is 5.56 Å². The second-order valence-electron chi connectivity index (χ2n) is 10.1. The lowest BCUT2D eigenvalue weighted by molar-refractivity contribution is -0.0226. The van der Waals surface area contributed by atoms with Crippen LogP contribution in [0.4, 0.5) is 0 Å². The van der Waals surface area contributed by atoms with Crippen molar-refractivity contribution in [3.05, 3.63) is 52.6 Å². The van der Waals surface area contributed by atoms with Crippen molar-refractivity contribution in [2.75, 3.05) is 6.79 Å². The minimum Gasteiger partial charge on any atom is -0.507 e. The number of aliphatic hydroxyl groups is 1. The Kier molecular flexibility index (Phi) is 4.36. The summed E-state index contributed by atoms with van der Waals surface area (Å²) in [7, 11) is 0. The van der Waals surface area contributed by atoms with Gasteiger partial charge in [-0.1, -0.05) is 25.1 Å². The molecule has 2 aromatic carbocycles. The zero-order valence-electron chi connectivity index (χ0n) is 18.0. The Morgan fingerprint density at radius 3 is 2.77 bits per heavy atom. The molecule has 31 heavy (non-hydrogen) atoms. The van der Waals surface area contributed by atoms with E-state index in [-0.39, 0.29) is 18.3 Å². The number of hydrogen-bond acceptors (Lipinski definition) is 4. The zero-order chi connectivity index (χ0) is 21.2. The van der Waals surface area contributed by atoms with Gasteiger partial charge in [0.1, 0.15) is 5.75 Å². The van der Waals surface area contributed by atoms with Gasteiger partial charge in [0.05, 0.1) is 6.10 Å². The van der Waals surface area contributed by atoms with Crippen molar-refractivity contribution >= 4 is 12.2 Å². The van der Waals surface area contributed by atoms with Crippen molar-refractivity contribution in [2.24, 2.45) is 17.3 Å². The summed E-state index contributed by atoms with van der Waals surface area (Å²) >= 11 is 0. The first-order chi connectivity index (χ1) is 15.0. The summed E-state index contributed by atoms with van der Waals surface area (Å²) in [4.78, 5) is 0. The maximum atomic E-state index is 10.7. The van der Waals surface area contributed by atoms with Gasteiger partial charge in [-0.15, -0.1) is 0 Å². The summed E-state index contributed by atoms with van der Waals surface area (Å²) in [6.07, 6.45) is 10.4. The van der Waals surface area contributed by atoms with E-state index in [4.69, 9.17) is 9.47 Å². The number of aliphatic hydroxyl groups excluding tert-OH is 1. The molecule has 1 heterocycles. The van der Waals surface area contributed by atoms with Crippen molar-refractivity contribution in [1.82, 2.24) is 0 Å². The summed E-state index contributed by atoms with van der Waals surface area (Å²) < 4.78 is 10.9. The van der Waals surface area contributed by atoms with E-state index in [1.165, 1.54) is 17.5 Å². The van der Waals surface area contributed by atoms with E-state index in [1.807, 2.05) is 36.4 Å². The third kappa shape index (κ3) is 2.99. The normalized spacial score (nSPS) is 33.2. The van der Waals surface area contributed by atoms with Crippen LogP contribution in [0.1, 0.15) is 67.2 Å². The number of hydrogen-bond donors (Lipinski definition) is 2. The molecule has 0 aromatic heterocycles. The largest absolute Gasteiger partial charge is 0.507 e. The average Bonchev–Trinajstić information content (AvgIpc) is 3.36. The highest BCUT2D eigenvalue weighted by atomic mass is 16.7. The van der Waals surface area contributed by atoms with Gasteiger partial charge < -0.3 is 19.7 Å². The Balaban J connectivity index is 1.31. The summed E-state index contributed by atoms with van der Waals surface area (Å²) in [5.41, 5.74) is 4.71. The Morgan fingerprint density at radius 1 is 1.00 bits per heavy atom. The van der Waals surface area contributed by atoms with Crippen molar-refractivity contribution in [2.45, 2.75) is 57.5 Å². The van der Waals surface area contributed by atoms with Gasteiger partial charge in [-0.2, -0.15) is 0 Å². The Bertz CT molecular complexity index is 1060. The number of rotatable bonds is 2. The summed E-state index contributed by atoms with van der Waals surface area (Å²) in [6.45, 7) is 2.59. The number of fused-ring (bicyclic) bond motifs is 6. The molecule has 1 aliphatic heterocycles. The molecule has 4 aliphatic rings. The standard InChI is InChI=1S/C27H30O4/c1-27-11-10-19-20(22(27)7-9-26(27)29)6-5-17-14-23(28)18(13-21(17)19)4-2-16-3-8-24-25(12-16)31-15-30-24/h2-4,8,12-14,19-20,22,26,28-29H,5-7,9-11,15H2,1H3/b4-2-/t19-,20+,22-,26-,27-/m0/s1. The predicted octanol–water partition coefficient (Wildman–Crippen LogP) is 5.51. The minimum atomic E-state index is -0.139. The molecule has 2 N–H and O–H groups in total. The quantitative estimate of drug-likeness (QED) is 0.632. The number of aryl methyl sites for hydroxylation is 1. The van der Waals surface area contributed by atoms with Crippen LogP contribution in [0.5, 0.6) is 17.2 Å². The van der Waals surface area contributed by atoms with E-state index in [9.17, 15) is 10.2 Å². The van der Waals surface area contributed by atoms with Crippen LogP contribution in [0.3, 0.4) is 0 Å². The fraction of sp³-hybridized carbons (Fsp3) is 0.481. The first-order valence-electron chi connectivity index (χ1n) is 11.6. The molecule has 3 aliphatic carbocycles. The highest BCUT2D eigenvalue weighted by Crippen LogP contribution is 2.61. The molecular weight excluding hydrogens is 388 g/mol. The van der Waals surface area contributed by atoms with Crippen molar-refractivity contribution in [3.8, 4) is 17.2 Å². The third-order valence-corrected chi connectivity index (χ3v) is 8.67. The molecule has 0 amide bonds. The fourth-order valence-corrected chi connectivity index (χ4v) is 6.93. The molecule has 162 valence electrons. The third-order valence-electron chi connectivity index (χ3n) is 8.67. The zero-order valence-corrected chi connectivity index (χ0v) is 18.0. The lowest BCUT2D eigenvalue weighted by atomic mass is 9.55. The number of phenols is 1. The summed E-state index contributed by atoms with van der Waals surface area (Å²) in [5.74, 6) is 3.72. The first kappa shape index (κ1) is 19.2. The Morgan fingerprint density at radius 2 is 1.87 bits per heavy atom. The summed E-state index contributed by atoms with van der Waals surface area (Å²) in [6, 6.07) is 10.1. The minimum absolute atomic E-state index is 0.0949. The molecule has 6 rings (SSSR count). The molecule has 0 bridgehead atoms. The molecule has 4 heteroatoms. The van der Waals surface area contributed by atoms with Crippen molar-refractivity contribution in [3.63, 3.8) is 0 Å². The van der Waals surface area contributed by atoms with E-state index in [2.05, 4.69) is 13.0 Å². The second-order valence-corrected chi connectivity index (χ2v) is 10.1. The maximum Gasteiger partial charge on any atom is 0.231 e. The van der Waals surface area contributed by atoms with E-state index >= 15 is 0 Å². The van der Waals surface area contributed by atoms with Gasteiger partial charge in [-0.05, 0) is 103 Å². The number of phenolic OH excluding ortho intramolecular Hbond substituents is 1. The van der Waals surface area contributed by atoms with Crippen molar-refractivity contribution < 1.29 is 19.7 Å². The second kappa shape index (κ2) is 7.03. The molecule has 0 saturated heterocycles. The molecule has 2 aromatic rings. The van der Waals surface area contributed by atoms with E-state index in [0.29, 0.717) is 23.5 Å². The van der Waals surface area contributed by atoms with Crippen LogP contribution < -0.4 is 9.47 Å². The van der Waals surface area contributed by atoms with Gasteiger partial charge >= 0.3 is 0 Å². The van der Waals surface area contributed by atoms with Crippen LogP contribution in [-0.4, -0.2) is 23.1 Å². The highest BCUT2D eigenvalue weighted by Gasteiger charge is 2.54. The lowest BCUT2D eigenvalue weighted by Crippen LogP contribution is -2.43. The number of aromatic hydroxyl groups is 1. The molecule has 0 spiro atoms. The van der Waals surface area contributed by atoms with Gasteiger partial charge in [-0.3, -0.25) is 0 Å². The SMILES string of the molecule is C[C@]12CC[C@@H]3c4cc(/C=C\c5ccc6c(c5)OCO6)c(O)cc4CC[C@H]3[C@@H]1CC[C@@H]2O. The monoisotopic (exact) mass is 418 g/mol. The van der Waals surface area contributed by atoms with Gasteiger partial charge in [0.15, 0.2) is 11.5 Å². The van der Waals surface area contributed by atoms with Gasteiger partial charge in [0.2, 0.25) is 6.79 Å². The van der Waals surface area contributed by atoms with Crippen LogP contribution in [0.2, 0.25) is 0 Å². The van der Waals surface area contributed by atoms with E-state index < -0.39 is 0 Å². The summed E-state index contributed by atoms with van der Waals surface area (Å²) in [5, 5.41) is 21.3. The Hall–Kier alpha value is -2.46. The topological polar surface area (TPSA) is 58.9 Å². The smallest absolute Gasteiger partial charge is 0.231 e. The molecule has 2 fully saturated rings. The number of benzene rings is 2. The van der Waals surface area contributed by atoms with Crippen LogP contribution in [-0.2, 0) is 6.42 Å². The number of ether oxygens (including phenoxy) is 2. The van der Waals surface area contributed by atoms with Crippen LogP contribution in [0.25, 0.3) is 12.2 Å². The van der Waals surface area contributed by atoms with E-state index in [1.54, 1.807) is 0 Å². The van der Waals surface area contributed by atoms with Crippen LogP contribution >= 0.6 is 0 Å². The van der Waals surface area contributed by atoms with Gasteiger partial charge in [0.25, 0.3) is 0 Å². The molecule has 0 unspecified atom stereocenters. The van der Waals surface area contributed by atoms with E-state index in [0.717, 1.165) is 54.7 Å². The molecular formula is C27H30O4. The molecule has 0 radical (unpaired) electrons. The van der Waals surface area contributed by atoms with Crippen LogP contribution in [0, 0.1) is 17.3 Å². The first-order valence-corrected chi connectivity index (χ1v) is 11.6. The van der Waals surface area contributed by atoms with Crippen molar-refractivity contribution in [1.29, 1.82) is 0 Å². The maximum absolute atomic E-state index is 10.7. The molecule has 5 atom stereocenters. The van der Waals surface area contributed by atoms with Gasteiger partial charge in [-0.25, -0.2) is 0 Å². The predicted molar refractivity (Wildman–Crippen MR) is 120 cm³/mol.